The molecule has 0 saturated carbocycles. The molecule has 3 rings (SSSR count). The molecule has 2 heterocycles. The van der Waals surface area contributed by atoms with Crippen LogP contribution in [-0.2, 0) is 17.8 Å². The summed E-state index contributed by atoms with van der Waals surface area (Å²) < 4.78 is 0. The van der Waals surface area contributed by atoms with Gasteiger partial charge >= 0.3 is 0 Å². The molecule has 2 amide bonds. The first-order chi connectivity index (χ1) is 11.2. The Labute approximate surface area is 135 Å². The number of benzene rings is 1. The van der Waals surface area contributed by atoms with Crippen LogP contribution < -0.4 is 5.32 Å². The second kappa shape index (κ2) is 6.60. The second-order valence-corrected chi connectivity index (χ2v) is 5.60. The molecule has 0 radical (unpaired) electrons. The summed E-state index contributed by atoms with van der Waals surface area (Å²) in [7, 11) is 0. The Bertz CT molecular complexity index is 715. The molecule has 23 heavy (non-hydrogen) atoms. The summed E-state index contributed by atoms with van der Waals surface area (Å²) >= 11 is 0. The Balaban J connectivity index is 1.76. The van der Waals surface area contributed by atoms with Crippen LogP contribution in [0.4, 0.5) is 0 Å². The molecule has 1 unspecified atom stereocenters. The molecule has 1 aliphatic heterocycles. The molecule has 1 aromatic carbocycles. The first-order valence-corrected chi connectivity index (χ1v) is 7.75. The van der Waals surface area contributed by atoms with Gasteiger partial charge in [-0.15, -0.1) is 0 Å². The van der Waals surface area contributed by atoms with E-state index in [0.717, 1.165) is 11.1 Å². The number of hydrogen-bond acceptors (Lipinski definition) is 3. The molecule has 5 nitrogen and oxygen atoms in total. The number of hydrogen-bond donors (Lipinski definition) is 1. The molecule has 0 aliphatic carbocycles. The van der Waals surface area contributed by atoms with Gasteiger partial charge in [-0.3, -0.25) is 14.6 Å². The van der Waals surface area contributed by atoms with Crippen LogP contribution in [0.1, 0.15) is 28.4 Å². The standard InChI is InChI=1S/C18H19N3O2/c1-2-21(12-13-7-9-19-10-8-13)18(23)16-11-14-5-3-4-6-15(14)17(22)20-16/h3-10,16H,2,11-12H2,1H3,(H,20,22). The van der Waals surface area contributed by atoms with Crippen LogP contribution in [0.5, 0.6) is 0 Å². The Hall–Kier alpha value is -2.69. The number of amides is 2. The van der Waals surface area contributed by atoms with E-state index in [0.29, 0.717) is 25.1 Å². The molecule has 0 fully saturated rings. The summed E-state index contributed by atoms with van der Waals surface area (Å²) in [6, 6.07) is 10.7. The molecule has 0 saturated heterocycles. The third-order valence-corrected chi connectivity index (χ3v) is 4.11. The van der Waals surface area contributed by atoms with Crippen molar-refractivity contribution in [2.24, 2.45) is 0 Å². The minimum atomic E-state index is -0.501. The zero-order chi connectivity index (χ0) is 16.2. The number of rotatable bonds is 4. The van der Waals surface area contributed by atoms with Crippen LogP contribution in [0.3, 0.4) is 0 Å². The summed E-state index contributed by atoms with van der Waals surface area (Å²) in [4.78, 5) is 30.7. The van der Waals surface area contributed by atoms with Gasteiger partial charge in [0.2, 0.25) is 5.91 Å². The van der Waals surface area contributed by atoms with Gasteiger partial charge in [-0.1, -0.05) is 18.2 Å². The summed E-state index contributed by atoms with van der Waals surface area (Å²) in [5.41, 5.74) is 2.61. The average Bonchev–Trinajstić information content (AvgIpc) is 2.60. The van der Waals surface area contributed by atoms with E-state index < -0.39 is 6.04 Å². The zero-order valence-electron chi connectivity index (χ0n) is 13.0. The lowest BCUT2D eigenvalue weighted by Gasteiger charge is -2.30. The Kier molecular flexibility index (Phi) is 4.37. The van der Waals surface area contributed by atoms with Gasteiger partial charge in [0.1, 0.15) is 6.04 Å². The lowest BCUT2D eigenvalue weighted by Crippen LogP contribution is -2.52. The molecule has 0 spiro atoms. The Morgan fingerprint density at radius 2 is 2.00 bits per heavy atom. The monoisotopic (exact) mass is 309 g/mol. The van der Waals surface area contributed by atoms with Gasteiger partial charge in [-0.25, -0.2) is 0 Å². The third kappa shape index (κ3) is 3.23. The highest BCUT2D eigenvalue weighted by Gasteiger charge is 2.31. The van der Waals surface area contributed by atoms with Crippen LogP contribution in [0.25, 0.3) is 0 Å². The molecule has 5 heteroatoms. The fourth-order valence-electron chi connectivity index (χ4n) is 2.85. The van der Waals surface area contributed by atoms with Gasteiger partial charge in [0, 0.05) is 37.5 Å². The van der Waals surface area contributed by atoms with Crippen molar-refractivity contribution in [2.75, 3.05) is 6.54 Å². The molecule has 1 aromatic heterocycles. The van der Waals surface area contributed by atoms with Crippen molar-refractivity contribution >= 4 is 11.8 Å². The number of likely N-dealkylation sites (N-methyl/N-ethyl adjacent to an activating group) is 1. The van der Waals surface area contributed by atoms with Crippen molar-refractivity contribution in [2.45, 2.75) is 25.9 Å². The maximum Gasteiger partial charge on any atom is 0.252 e. The van der Waals surface area contributed by atoms with E-state index in [1.54, 1.807) is 23.4 Å². The van der Waals surface area contributed by atoms with Gasteiger partial charge in [0.15, 0.2) is 0 Å². The first kappa shape index (κ1) is 15.2. The SMILES string of the molecule is CCN(Cc1ccncc1)C(=O)C1Cc2ccccc2C(=O)N1. The zero-order valence-corrected chi connectivity index (χ0v) is 13.0. The summed E-state index contributed by atoms with van der Waals surface area (Å²) in [6.07, 6.45) is 3.96. The molecule has 1 N–H and O–H groups in total. The number of aromatic nitrogens is 1. The van der Waals surface area contributed by atoms with Gasteiger partial charge in [0.05, 0.1) is 0 Å². The van der Waals surface area contributed by atoms with Crippen LogP contribution in [0, 0.1) is 0 Å². The highest BCUT2D eigenvalue weighted by Crippen LogP contribution is 2.18. The quantitative estimate of drug-likeness (QED) is 0.936. The predicted octanol–water partition coefficient (Wildman–Crippen LogP) is 1.78. The minimum Gasteiger partial charge on any atom is -0.340 e. The van der Waals surface area contributed by atoms with Crippen LogP contribution in [0.2, 0.25) is 0 Å². The van der Waals surface area contributed by atoms with E-state index >= 15 is 0 Å². The number of fused-ring (bicyclic) bond motifs is 1. The van der Waals surface area contributed by atoms with E-state index in [2.05, 4.69) is 10.3 Å². The van der Waals surface area contributed by atoms with Crippen LogP contribution in [0.15, 0.2) is 48.8 Å². The topological polar surface area (TPSA) is 62.3 Å². The lowest BCUT2D eigenvalue weighted by atomic mass is 9.94. The van der Waals surface area contributed by atoms with Crippen molar-refractivity contribution in [1.29, 1.82) is 0 Å². The molecular formula is C18H19N3O2. The summed E-state index contributed by atoms with van der Waals surface area (Å²) in [6.45, 7) is 3.05. The average molecular weight is 309 g/mol. The van der Waals surface area contributed by atoms with Crippen molar-refractivity contribution < 1.29 is 9.59 Å². The highest BCUT2D eigenvalue weighted by molar-refractivity contribution is 6.00. The molecule has 1 atom stereocenters. The van der Waals surface area contributed by atoms with E-state index in [4.69, 9.17) is 0 Å². The largest absolute Gasteiger partial charge is 0.340 e. The normalized spacial score (nSPS) is 16.4. The fraction of sp³-hybridized carbons (Fsp3) is 0.278. The minimum absolute atomic E-state index is 0.0489. The highest BCUT2D eigenvalue weighted by atomic mass is 16.2. The predicted molar refractivity (Wildman–Crippen MR) is 86.7 cm³/mol. The van der Waals surface area contributed by atoms with Crippen LogP contribution >= 0.6 is 0 Å². The molecule has 2 aromatic rings. The molecular weight excluding hydrogens is 290 g/mol. The number of nitrogens with zero attached hydrogens (tertiary/aromatic N) is 2. The van der Waals surface area contributed by atoms with E-state index in [1.165, 1.54) is 0 Å². The van der Waals surface area contributed by atoms with Gasteiger partial charge in [-0.05, 0) is 36.2 Å². The van der Waals surface area contributed by atoms with E-state index in [9.17, 15) is 9.59 Å². The molecule has 1 aliphatic rings. The molecule has 118 valence electrons. The summed E-state index contributed by atoms with van der Waals surface area (Å²) in [5, 5.41) is 2.83. The molecule has 0 bridgehead atoms. The van der Waals surface area contributed by atoms with E-state index in [1.807, 2.05) is 37.3 Å². The fourth-order valence-corrected chi connectivity index (χ4v) is 2.85. The van der Waals surface area contributed by atoms with Crippen molar-refractivity contribution in [3.63, 3.8) is 0 Å². The second-order valence-electron chi connectivity index (χ2n) is 5.60. The Morgan fingerprint density at radius 1 is 1.26 bits per heavy atom. The van der Waals surface area contributed by atoms with Gasteiger partial charge < -0.3 is 10.2 Å². The van der Waals surface area contributed by atoms with Crippen LogP contribution in [-0.4, -0.2) is 34.3 Å². The lowest BCUT2D eigenvalue weighted by molar-refractivity contribution is -0.133. The van der Waals surface area contributed by atoms with Crippen molar-refractivity contribution in [3.8, 4) is 0 Å². The summed E-state index contributed by atoms with van der Waals surface area (Å²) in [5.74, 6) is -0.225. The van der Waals surface area contributed by atoms with Crippen molar-refractivity contribution in [1.82, 2.24) is 15.2 Å². The first-order valence-electron chi connectivity index (χ1n) is 7.75. The van der Waals surface area contributed by atoms with Gasteiger partial charge in [-0.2, -0.15) is 0 Å². The van der Waals surface area contributed by atoms with Crippen molar-refractivity contribution in [3.05, 3.63) is 65.5 Å². The number of nitrogens with one attached hydrogen (secondary N) is 1. The van der Waals surface area contributed by atoms with E-state index in [-0.39, 0.29) is 11.8 Å². The third-order valence-electron chi connectivity index (χ3n) is 4.11. The van der Waals surface area contributed by atoms with Gasteiger partial charge in [0.25, 0.3) is 5.91 Å². The number of carbonyl (C=O) groups excluding carboxylic acids is 2. The Morgan fingerprint density at radius 3 is 2.74 bits per heavy atom. The number of carbonyl (C=O) groups is 2. The maximum absolute atomic E-state index is 12.8. The smallest absolute Gasteiger partial charge is 0.252 e. The maximum atomic E-state index is 12.8. The number of pyridine rings is 1.